The number of hydrogen-bond donors (Lipinski definition) is 1. The zero-order chi connectivity index (χ0) is 27.4. The molecule has 1 N–H and O–H groups in total. The molecule has 0 radical (unpaired) electrons. The number of hydrogen-bond acceptors (Lipinski definition) is 5. The second kappa shape index (κ2) is 10.0. The Hall–Kier alpha value is -2.75. The van der Waals surface area contributed by atoms with Crippen LogP contribution < -0.4 is 4.90 Å². The van der Waals surface area contributed by atoms with Crippen molar-refractivity contribution in [3.8, 4) is 11.8 Å². The molecule has 1 aromatic carbocycles. The summed E-state index contributed by atoms with van der Waals surface area (Å²) in [7, 11) is 0. The van der Waals surface area contributed by atoms with E-state index in [1.54, 1.807) is 13.0 Å². The first kappa shape index (κ1) is 26.5. The SMILES string of the molecule is CC(=O)[C@@]1(C#CCO)CC[C@H]2[C@@H]3CC(F)C4=CC(=O)CCC4=C3C(c3ccc(N4CCOCC4)cc3)C[C@@]21C. The van der Waals surface area contributed by atoms with Gasteiger partial charge in [0, 0.05) is 31.1 Å². The summed E-state index contributed by atoms with van der Waals surface area (Å²) in [5.41, 5.74) is 3.96. The number of Topliss-reactive ketones (excluding diaryl/α,β-unsaturated/α-hetero) is 1. The molecule has 3 fully saturated rings. The quantitative estimate of drug-likeness (QED) is 0.560. The van der Waals surface area contributed by atoms with Crippen LogP contribution in [0.15, 0.2) is 47.1 Å². The minimum Gasteiger partial charge on any atom is -0.384 e. The minimum atomic E-state index is -1.17. The highest BCUT2D eigenvalue weighted by Crippen LogP contribution is 2.69. The van der Waals surface area contributed by atoms with Crippen LogP contribution in [0.4, 0.5) is 10.1 Å². The number of alkyl halides is 1. The fourth-order valence-electron chi connectivity index (χ4n) is 8.76. The first-order valence-corrected chi connectivity index (χ1v) is 14.5. The number of morpholine rings is 1. The molecule has 0 spiro atoms. The summed E-state index contributed by atoms with van der Waals surface area (Å²) in [6.07, 6.45) is 3.93. The predicted octanol–water partition coefficient (Wildman–Crippen LogP) is 4.94. The van der Waals surface area contributed by atoms with Crippen LogP contribution in [0.3, 0.4) is 0 Å². The molecule has 5 nitrogen and oxygen atoms in total. The molecule has 0 amide bonds. The number of anilines is 1. The maximum Gasteiger partial charge on any atom is 0.156 e. The number of carbonyl (C=O) groups is 2. The summed E-state index contributed by atoms with van der Waals surface area (Å²) < 4.78 is 21.3. The maximum absolute atomic E-state index is 15.8. The van der Waals surface area contributed by atoms with E-state index in [0.29, 0.717) is 31.3 Å². The lowest BCUT2D eigenvalue weighted by Crippen LogP contribution is -2.51. The van der Waals surface area contributed by atoms with E-state index in [9.17, 15) is 14.7 Å². The average Bonchev–Trinajstić information content (AvgIpc) is 3.25. The number of aliphatic hydroxyl groups is 1. The van der Waals surface area contributed by atoms with E-state index in [1.807, 2.05) is 0 Å². The van der Waals surface area contributed by atoms with E-state index >= 15 is 4.39 Å². The number of allylic oxidation sites excluding steroid dienone is 4. The first-order valence-electron chi connectivity index (χ1n) is 14.5. The van der Waals surface area contributed by atoms with Gasteiger partial charge >= 0.3 is 0 Å². The Morgan fingerprint density at radius 2 is 1.95 bits per heavy atom. The molecule has 1 saturated heterocycles. The van der Waals surface area contributed by atoms with Crippen molar-refractivity contribution in [3.05, 3.63) is 52.6 Å². The van der Waals surface area contributed by atoms with Crippen LogP contribution in [0.1, 0.15) is 63.9 Å². The highest BCUT2D eigenvalue weighted by Gasteiger charge is 2.65. The second-order valence-corrected chi connectivity index (χ2v) is 12.2. The Labute approximate surface area is 230 Å². The predicted molar refractivity (Wildman–Crippen MR) is 148 cm³/mol. The van der Waals surface area contributed by atoms with Crippen molar-refractivity contribution in [3.63, 3.8) is 0 Å². The van der Waals surface area contributed by atoms with Crippen molar-refractivity contribution < 1.29 is 23.8 Å². The van der Waals surface area contributed by atoms with Crippen LogP contribution in [-0.4, -0.2) is 55.8 Å². The third-order valence-corrected chi connectivity index (χ3v) is 10.6. The minimum absolute atomic E-state index is 0.000161. The molecule has 1 aromatic rings. The van der Waals surface area contributed by atoms with Crippen LogP contribution in [0.25, 0.3) is 0 Å². The molecule has 6 heteroatoms. The van der Waals surface area contributed by atoms with E-state index in [1.165, 1.54) is 16.8 Å². The van der Waals surface area contributed by atoms with Crippen LogP contribution in [0.2, 0.25) is 0 Å². The second-order valence-electron chi connectivity index (χ2n) is 12.2. The van der Waals surface area contributed by atoms with Gasteiger partial charge in [0.15, 0.2) is 5.78 Å². The smallest absolute Gasteiger partial charge is 0.156 e. The van der Waals surface area contributed by atoms with Crippen molar-refractivity contribution in [1.82, 2.24) is 0 Å². The van der Waals surface area contributed by atoms with Gasteiger partial charge in [-0.05, 0) is 91.2 Å². The molecule has 0 bridgehead atoms. The van der Waals surface area contributed by atoms with Crippen molar-refractivity contribution in [1.29, 1.82) is 0 Å². The lowest BCUT2D eigenvalue weighted by atomic mass is 9.48. The molecule has 2 saturated carbocycles. The van der Waals surface area contributed by atoms with E-state index < -0.39 is 17.0 Å². The molecule has 1 heterocycles. The number of aliphatic hydroxyl groups excluding tert-OH is 1. The summed E-state index contributed by atoms with van der Waals surface area (Å²) in [6.45, 7) is 6.72. The van der Waals surface area contributed by atoms with E-state index in [-0.39, 0.29) is 35.9 Å². The Kier molecular flexibility index (Phi) is 6.80. The highest BCUT2D eigenvalue weighted by atomic mass is 19.1. The number of rotatable bonds is 3. The van der Waals surface area contributed by atoms with Gasteiger partial charge in [-0.3, -0.25) is 9.59 Å². The summed E-state index contributed by atoms with van der Waals surface area (Å²) in [5, 5.41) is 9.55. The number of carbonyl (C=O) groups excluding carboxylic acids is 2. The number of halogens is 1. The van der Waals surface area contributed by atoms with Crippen LogP contribution in [-0.2, 0) is 14.3 Å². The number of nitrogens with zero attached hydrogens (tertiary/aromatic N) is 1. The Morgan fingerprint density at radius 1 is 1.21 bits per heavy atom. The average molecular weight is 532 g/mol. The summed E-state index contributed by atoms with van der Waals surface area (Å²) in [5.74, 6) is 6.27. The topological polar surface area (TPSA) is 66.8 Å². The van der Waals surface area contributed by atoms with Crippen molar-refractivity contribution >= 4 is 17.3 Å². The summed E-state index contributed by atoms with van der Waals surface area (Å²) >= 11 is 0. The van der Waals surface area contributed by atoms with Crippen molar-refractivity contribution in [2.24, 2.45) is 22.7 Å². The molecule has 2 unspecified atom stereocenters. The summed E-state index contributed by atoms with van der Waals surface area (Å²) in [6, 6.07) is 8.75. The van der Waals surface area contributed by atoms with Crippen molar-refractivity contribution in [2.75, 3.05) is 37.8 Å². The molecule has 4 aliphatic carbocycles. The molecular formula is C33H38FNO4. The van der Waals surface area contributed by atoms with Crippen LogP contribution in [0, 0.1) is 34.5 Å². The Morgan fingerprint density at radius 3 is 2.64 bits per heavy atom. The normalized spacial score (nSPS) is 35.8. The molecule has 206 valence electrons. The standard InChI is InChI=1S/C33H38FNO4/c1-21(37)33(11-3-15-36)12-10-29-27-19-30(34)26-18-24(38)8-9-25(26)31(27)28(20-32(29,33)2)22-4-6-23(7-5-22)35-13-16-39-17-14-35/h4-7,18,27-30,36H,8-10,12-17,19-20H2,1-2H3/t27-,28?,29-,30?,32-,33+/m0/s1. The fraction of sp³-hybridized carbons (Fsp3) is 0.576. The highest BCUT2D eigenvalue weighted by molar-refractivity contribution is 5.93. The zero-order valence-corrected chi connectivity index (χ0v) is 23.0. The number of benzene rings is 1. The Bertz CT molecular complexity index is 1300. The van der Waals surface area contributed by atoms with Crippen LogP contribution >= 0.6 is 0 Å². The molecular weight excluding hydrogens is 493 g/mol. The number of ketones is 2. The lowest BCUT2D eigenvalue weighted by Gasteiger charge is -2.55. The van der Waals surface area contributed by atoms with Gasteiger partial charge in [-0.2, -0.15) is 0 Å². The number of fused-ring (bicyclic) bond motifs is 4. The third kappa shape index (κ3) is 4.12. The van der Waals surface area contributed by atoms with Gasteiger partial charge in [-0.25, -0.2) is 4.39 Å². The Balaban J connectivity index is 1.49. The van der Waals surface area contributed by atoms with Gasteiger partial charge in [0.05, 0.1) is 18.6 Å². The molecule has 6 rings (SSSR count). The van der Waals surface area contributed by atoms with Gasteiger partial charge in [0.2, 0.25) is 0 Å². The fourth-order valence-corrected chi connectivity index (χ4v) is 8.76. The molecule has 6 atom stereocenters. The van der Waals surface area contributed by atoms with Gasteiger partial charge in [0.25, 0.3) is 0 Å². The zero-order valence-electron chi connectivity index (χ0n) is 23.0. The lowest BCUT2D eigenvalue weighted by molar-refractivity contribution is -0.130. The van der Waals surface area contributed by atoms with Gasteiger partial charge in [-0.15, -0.1) is 0 Å². The molecule has 0 aromatic heterocycles. The van der Waals surface area contributed by atoms with Gasteiger partial charge in [-0.1, -0.05) is 36.5 Å². The van der Waals surface area contributed by atoms with E-state index in [0.717, 1.165) is 44.7 Å². The van der Waals surface area contributed by atoms with E-state index in [2.05, 4.69) is 47.9 Å². The first-order chi connectivity index (χ1) is 18.8. The molecule has 5 aliphatic rings. The largest absolute Gasteiger partial charge is 0.384 e. The monoisotopic (exact) mass is 531 g/mol. The summed E-state index contributed by atoms with van der Waals surface area (Å²) in [4.78, 5) is 28.0. The molecule has 1 aliphatic heterocycles. The third-order valence-electron chi connectivity index (χ3n) is 10.6. The van der Waals surface area contributed by atoms with E-state index in [4.69, 9.17) is 4.74 Å². The van der Waals surface area contributed by atoms with Gasteiger partial charge in [0.1, 0.15) is 18.6 Å². The van der Waals surface area contributed by atoms with Crippen LogP contribution in [0.5, 0.6) is 0 Å². The maximum atomic E-state index is 15.8. The van der Waals surface area contributed by atoms with Gasteiger partial charge < -0.3 is 14.7 Å². The number of ether oxygens (including phenoxy) is 1. The molecule has 39 heavy (non-hydrogen) atoms. The van der Waals surface area contributed by atoms with Crippen molar-refractivity contribution in [2.45, 2.75) is 64.5 Å².